The van der Waals surface area contributed by atoms with Crippen LogP contribution in [0.1, 0.15) is 70.4 Å². The number of piperidine rings is 2. The molecule has 14 heteroatoms. The fourth-order valence-electron chi connectivity index (χ4n) is 11.5. The first-order valence-electron chi connectivity index (χ1n) is 22.0. The first kappa shape index (κ1) is 39.2. The lowest BCUT2D eigenvalue weighted by Gasteiger charge is -2.31. The average molecular weight is 847 g/mol. The predicted octanol–water partition coefficient (Wildman–Crippen LogP) is 6.84. The summed E-state index contributed by atoms with van der Waals surface area (Å²) in [5, 5.41) is 7.57. The number of likely N-dealkylation sites (tertiary alicyclic amines) is 2. The van der Waals surface area contributed by atoms with Crippen molar-refractivity contribution in [3.63, 3.8) is 0 Å². The van der Waals surface area contributed by atoms with Gasteiger partial charge in [-0.25, -0.2) is 19.6 Å². The monoisotopic (exact) mass is 846 g/mol. The zero-order valence-corrected chi connectivity index (χ0v) is 35.8. The summed E-state index contributed by atoms with van der Waals surface area (Å²) in [5.74, 6) is 7.63. The number of nitrogens with one attached hydrogen (secondary N) is 4. The summed E-state index contributed by atoms with van der Waals surface area (Å²) in [4.78, 5) is 73.0. The Hall–Kier alpha value is -6.62. The molecule has 4 saturated carbocycles. The lowest BCUT2D eigenvalue weighted by atomic mass is 9.98. The SMILES string of the molecule is CC#CC(NC(=O)OC)C(=O)N1CC2(CC2)C2CC21c1ncc(-c2ccc(-c3ccc4cc(-c5cnc(C67CC6C6(CC6)CN7C(=O)[C@H](CC)NC(=O)OC)[nH]5)ccc4c3)cc2)[nH]1. The van der Waals surface area contributed by atoms with Gasteiger partial charge in [0, 0.05) is 18.7 Å². The number of rotatable bonds is 10. The molecule has 5 unspecified atom stereocenters. The number of aromatic amines is 2. The van der Waals surface area contributed by atoms with Crippen molar-refractivity contribution in [1.29, 1.82) is 0 Å². The molecule has 4 N–H and O–H groups in total. The second-order valence-corrected chi connectivity index (χ2v) is 18.6. The van der Waals surface area contributed by atoms with Crippen LogP contribution in [0.15, 0.2) is 73.1 Å². The van der Waals surface area contributed by atoms with E-state index in [0.717, 1.165) is 94.6 Å². The number of nitrogens with zero attached hydrogens (tertiary/aromatic N) is 4. The number of imidazole rings is 2. The maximum Gasteiger partial charge on any atom is 0.408 e. The van der Waals surface area contributed by atoms with Crippen molar-refractivity contribution in [2.75, 3.05) is 27.3 Å². The number of fused-ring (bicyclic) bond motifs is 5. The van der Waals surface area contributed by atoms with Crippen molar-refractivity contribution in [2.24, 2.45) is 22.7 Å². The highest BCUT2D eigenvalue weighted by molar-refractivity contribution is 5.92. The minimum atomic E-state index is -0.995. The van der Waals surface area contributed by atoms with Crippen LogP contribution in [0.2, 0.25) is 0 Å². The maximum atomic E-state index is 14.0. The van der Waals surface area contributed by atoms with Crippen LogP contribution in [0.3, 0.4) is 0 Å². The second kappa shape index (κ2) is 13.9. The Balaban J connectivity index is 0.801. The van der Waals surface area contributed by atoms with Gasteiger partial charge >= 0.3 is 12.2 Å². The molecule has 2 spiro atoms. The van der Waals surface area contributed by atoms with Gasteiger partial charge in [-0.3, -0.25) is 14.9 Å². The van der Waals surface area contributed by atoms with E-state index >= 15 is 0 Å². The number of hydrogen-bond acceptors (Lipinski definition) is 8. The third-order valence-corrected chi connectivity index (χ3v) is 15.4. The molecule has 4 heterocycles. The highest BCUT2D eigenvalue weighted by Crippen LogP contribution is 2.77. The minimum Gasteiger partial charge on any atom is -0.453 e. The first-order valence-corrected chi connectivity index (χ1v) is 22.0. The summed E-state index contributed by atoms with van der Waals surface area (Å²) in [6.45, 7) is 4.87. The molecule has 5 aromatic rings. The van der Waals surface area contributed by atoms with E-state index in [4.69, 9.17) is 19.4 Å². The Morgan fingerprint density at radius 3 is 1.75 bits per heavy atom. The molecule has 63 heavy (non-hydrogen) atoms. The number of carbonyl (C=O) groups is 4. The van der Waals surface area contributed by atoms with Gasteiger partial charge < -0.3 is 34.6 Å². The van der Waals surface area contributed by atoms with E-state index in [-0.39, 0.29) is 22.6 Å². The lowest BCUT2D eigenvalue weighted by Crippen LogP contribution is -2.51. The van der Waals surface area contributed by atoms with Crippen molar-refractivity contribution in [1.82, 2.24) is 40.4 Å². The molecule has 2 aliphatic heterocycles. The summed E-state index contributed by atoms with van der Waals surface area (Å²) >= 11 is 0. The predicted molar refractivity (Wildman–Crippen MR) is 233 cm³/mol. The van der Waals surface area contributed by atoms with Crippen LogP contribution < -0.4 is 10.6 Å². The smallest absolute Gasteiger partial charge is 0.408 e. The molecular weight excluding hydrogens is 797 g/mol. The van der Waals surface area contributed by atoms with Crippen LogP contribution in [0, 0.1) is 34.5 Å². The Kier molecular flexibility index (Phi) is 8.68. The van der Waals surface area contributed by atoms with Crippen LogP contribution in [-0.2, 0) is 30.1 Å². The number of aromatic nitrogens is 4. The number of benzene rings is 3. The van der Waals surface area contributed by atoms with Crippen molar-refractivity contribution in [3.05, 3.63) is 84.7 Å². The fraction of sp³-hybridized carbons (Fsp3) is 0.429. The highest BCUT2D eigenvalue weighted by Gasteiger charge is 2.80. The van der Waals surface area contributed by atoms with Crippen LogP contribution >= 0.6 is 0 Å². The number of methoxy groups -OCH3 is 2. The Bertz CT molecular complexity index is 2790. The molecular formula is C49H50N8O6. The quantitative estimate of drug-likeness (QED) is 0.111. The summed E-state index contributed by atoms with van der Waals surface area (Å²) in [6.07, 6.45) is 9.01. The van der Waals surface area contributed by atoms with Crippen LogP contribution in [0.5, 0.6) is 0 Å². The zero-order chi connectivity index (χ0) is 43.5. The molecule has 6 fully saturated rings. The molecule has 0 radical (unpaired) electrons. The maximum absolute atomic E-state index is 14.0. The zero-order valence-electron chi connectivity index (χ0n) is 35.8. The molecule has 2 aromatic heterocycles. The number of H-pyrrole nitrogens is 2. The van der Waals surface area contributed by atoms with Gasteiger partial charge in [-0.15, -0.1) is 5.92 Å². The normalized spacial score (nSPS) is 25.7. The molecule has 3 aromatic carbocycles. The van der Waals surface area contributed by atoms with E-state index in [9.17, 15) is 19.2 Å². The first-order chi connectivity index (χ1) is 30.5. The summed E-state index contributed by atoms with van der Waals surface area (Å²) < 4.78 is 9.60. The molecule has 322 valence electrons. The van der Waals surface area contributed by atoms with Gasteiger partial charge in [-0.2, -0.15) is 0 Å². The third kappa shape index (κ3) is 5.98. The molecule has 6 aliphatic rings. The molecule has 14 nitrogen and oxygen atoms in total. The van der Waals surface area contributed by atoms with E-state index in [2.05, 4.69) is 93.1 Å². The van der Waals surface area contributed by atoms with E-state index in [1.807, 2.05) is 29.1 Å². The minimum absolute atomic E-state index is 0.0770. The number of amides is 4. The summed E-state index contributed by atoms with van der Waals surface area (Å²) in [6, 6.07) is 19.7. The Morgan fingerprint density at radius 2 is 1.21 bits per heavy atom. The van der Waals surface area contributed by atoms with Crippen molar-refractivity contribution in [3.8, 4) is 45.5 Å². The van der Waals surface area contributed by atoms with E-state index in [0.29, 0.717) is 31.3 Å². The fourth-order valence-corrected chi connectivity index (χ4v) is 11.5. The topological polar surface area (TPSA) is 175 Å². The summed E-state index contributed by atoms with van der Waals surface area (Å²) in [5.41, 5.74) is 5.22. The van der Waals surface area contributed by atoms with Gasteiger partial charge in [-0.05, 0) is 114 Å². The van der Waals surface area contributed by atoms with Crippen LogP contribution in [0.4, 0.5) is 9.59 Å². The van der Waals surface area contributed by atoms with Gasteiger partial charge in [0.25, 0.3) is 5.91 Å². The standard InChI is InChI=1S/C49H50N8O6/c1-5-7-35(55-45(61)63-4)41(59)57-27-47(18-19-47)39-23-49(39,57)42-50-24-36(52-42)29-10-8-28(9-11-29)30-12-13-32-21-33(15-14-31(32)20-30)37-25-51-43(53-37)48-22-38(48)46(16-17-46)26-56(48)40(58)34(6-2)54-44(60)62-3/h8-15,20-21,24-25,34-35,38-39H,6,16-19,22-23,26-27H2,1-4H3,(H,50,52)(H,51,53)(H,54,60)(H,55,61)/t34-,35?,38?,39?,48?,49?/m0/s1. The van der Waals surface area contributed by atoms with Crippen molar-refractivity contribution >= 4 is 34.8 Å². The second-order valence-electron chi connectivity index (χ2n) is 18.6. The van der Waals surface area contributed by atoms with Gasteiger partial charge in [0.1, 0.15) is 28.8 Å². The number of ether oxygens (including phenoxy) is 2. The average Bonchev–Trinajstić information content (AvgIpc) is 4.28. The van der Waals surface area contributed by atoms with Gasteiger partial charge in [0.2, 0.25) is 5.91 Å². The summed E-state index contributed by atoms with van der Waals surface area (Å²) in [7, 11) is 2.58. The Morgan fingerprint density at radius 1 is 0.714 bits per heavy atom. The molecule has 6 atom stereocenters. The van der Waals surface area contributed by atoms with Gasteiger partial charge in [0.15, 0.2) is 6.04 Å². The van der Waals surface area contributed by atoms with E-state index in [1.54, 1.807) is 6.92 Å². The van der Waals surface area contributed by atoms with Gasteiger partial charge in [-0.1, -0.05) is 61.4 Å². The lowest BCUT2D eigenvalue weighted by molar-refractivity contribution is -0.136. The number of hydrogen-bond donors (Lipinski definition) is 4. The van der Waals surface area contributed by atoms with Crippen LogP contribution in [0.25, 0.3) is 44.4 Å². The Labute approximate surface area is 364 Å². The number of alkyl carbamates (subject to hydrolysis) is 2. The van der Waals surface area contributed by atoms with Crippen molar-refractivity contribution in [2.45, 2.75) is 82.0 Å². The largest absolute Gasteiger partial charge is 0.453 e. The number of carbonyl (C=O) groups excluding carboxylic acids is 4. The van der Waals surface area contributed by atoms with Gasteiger partial charge in [0.05, 0.1) is 38.0 Å². The van der Waals surface area contributed by atoms with E-state index in [1.165, 1.54) is 14.2 Å². The highest BCUT2D eigenvalue weighted by atomic mass is 16.5. The molecule has 4 aliphatic carbocycles. The van der Waals surface area contributed by atoms with Crippen molar-refractivity contribution < 1.29 is 28.7 Å². The molecule has 0 bridgehead atoms. The third-order valence-electron chi connectivity index (χ3n) is 15.4. The molecule has 4 amide bonds. The van der Waals surface area contributed by atoms with Crippen LogP contribution in [-0.4, -0.2) is 93.1 Å². The van der Waals surface area contributed by atoms with E-state index < -0.39 is 35.3 Å². The molecule has 11 rings (SSSR count). The molecule has 2 saturated heterocycles.